The molecular weight excluding hydrogens is 369 g/mol. The maximum atomic E-state index is 13.9. The van der Waals surface area contributed by atoms with Gasteiger partial charge < -0.3 is 10.4 Å². The quantitative estimate of drug-likeness (QED) is 0.799. The second-order valence-electron chi connectivity index (χ2n) is 5.94. The molecule has 0 radical (unpaired) electrons. The van der Waals surface area contributed by atoms with E-state index in [0.717, 1.165) is 18.4 Å². The molecule has 2 heterocycles. The number of urea groups is 1. The molecule has 1 aliphatic rings. The van der Waals surface area contributed by atoms with Gasteiger partial charge in [-0.05, 0) is 17.0 Å². The monoisotopic (exact) mass is 384 g/mol. The van der Waals surface area contributed by atoms with Gasteiger partial charge in [0, 0.05) is 7.05 Å². The van der Waals surface area contributed by atoms with E-state index in [0.29, 0.717) is 5.56 Å². The van der Waals surface area contributed by atoms with Crippen LogP contribution in [0.15, 0.2) is 47.8 Å². The van der Waals surface area contributed by atoms with Gasteiger partial charge in [0.05, 0.1) is 10.9 Å². The number of benzene rings is 1. The van der Waals surface area contributed by atoms with Crippen molar-refractivity contribution in [3.05, 3.63) is 58.3 Å². The van der Waals surface area contributed by atoms with Crippen LogP contribution in [0.3, 0.4) is 0 Å². The van der Waals surface area contributed by atoms with Gasteiger partial charge in [-0.2, -0.15) is 13.2 Å². The zero-order valence-corrected chi connectivity index (χ0v) is 14.3. The summed E-state index contributed by atoms with van der Waals surface area (Å²) in [5.74, 6) is -2.85. The molecule has 2 aromatic rings. The van der Waals surface area contributed by atoms with Crippen molar-refractivity contribution < 1.29 is 27.9 Å². The highest BCUT2D eigenvalue weighted by Gasteiger charge is 2.69. The molecule has 0 aliphatic carbocycles. The third kappa shape index (κ3) is 2.77. The zero-order valence-electron chi connectivity index (χ0n) is 13.5. The average Bonchev–Trinajstić information content (AvgIpc) is 3.13. The van der Waals surface area contributed by atoms with Crippen LogP contribution in [0.25, 0.3) is 0 Å². The number of thiophene rings is 1. The van der Waals surface area contributed by atoms with Gasteiger partial charge in [-0.25, -0.2) is 4.79 Å². The number of amides is 2. The molecule has 0 saturated carbocycles. The number of Topliss-reactive ketones (excluding diaryl/α,β-unsaturated/α-hetero) is 1. The molecule has 1 saturated heterocycles. The van der Waals surface area contributed by atoms with Crippen LogP contribution in [-0.4, -0.2) is 40.8 Å². The highest BCUT2D eigenvalue weighted by atomic mass is 32.1. The van der Waals surface area contributed by atoms with Crippen LogP contribution in [-0.2, 0) is 0 Å². The number of rotatable bonds is 3. The molecule has 5 nitrogen and oxygen atoms in total. The first-order valence-electron chi connectivity index (χ1n) is 7.64. The Kier molecular flexibility index (Phi) is 4.53. The summed E-state index contributed by atoms with van der Waals surface area (Å²) in [5, 5.41) is 14.6. The fraction of sp³-hybridized carbons (Fsp3) is 0.294. The molecule has 1 aliphatic heterocycles. The number of carbonyl (C=O) groups excluding carboxylic acids is 2. The summed E-state index contributed by atoms with van der Waals surface area (Å²) in [7, 11) is 0.818. The lowest BCUT2D eigenvalue weighted by atomic mass is 9.78. The minimum absolute atomic E-state index is 0.0724. The first-order valence-corrected chi connectivity index (χ1v) is 8.52. The van der Waals surface area contributed by atoms with Crippen LogP contribution < -0.4 is 5.32 Å². The summed E-state index contributed by atoms with van der Waals surface area (Å²) in [6, 6.07) is 8.30. The number of alkyl halides is 3. The molecule has 1 fully saturated rings. The van der Waals surface area contributed by atoms with E-state index in [-0.39, 0.29) is 9.78 Å². The smallest absolute Gasteiger partial charge is 0.363 e. The number of nitrogens with one attached hydrogen (secondary N) is 1. The molecule has 9 heteroatoms. The molecule has 2 amide bonds. The Hall–Kier alpha value is -2.39. The van der Waals surface area contributed by atoms with Gasteiger partial charge in [0.2, 0.25) is 0 Å². The molecule has 3 atom stereocenters. The first kappa shape index (κ1) is 18.4. The lowest BCUT2D eigenvalue weighted by molar-refractivity contribution is -0.322. The van der Waals surface area contributed by atoms with Crippen molar-refractivity contribution in [3.8, 4) is 0 Å². The van der Waals surface area contributed by atoms with Crippen LogP contribution in [0.2, 0.25) is 0 Å². The van der Waals surface area contributed by atoms with E-state index < -0.39 is 35.7 Å². The van der Waals surface area contributed by atoms with E-state index in [4.69, 9.17) is 0 Å². The molecule has 0 bridgehead atoms. The Morgan fingerprint density at radius 3 is 2.42 bits per heavy atom. The standard InChI is InChI=1S/C17H15F3N2O3S/c1-22-15(24)21-13(10-6-3-2-4-7-10)12(16(22,25)17(18,19)20)14(23)11-8-5-9-26-11/h2-9,12-13,25H,1H3,(H,21,24)/t12-,13+,16-/m0/s1. The van der Waals surface area contributed by atoms with Gasteiger partial charge in [0.25, 0.3) is 5.72 Å². The van der Waals surface area contributed by atoms with E-state index in [1.54, 1.807) is 23.6 Å². The van der Waals surface area contributed by atoms with Crippen molar-refractivity contribution in [2.75, 3.05) is 7.05 Å². The number of hydrogen-bond acceptors (Lipinski definition) is 4. The lowest BCUT2D eigenvalue weighted by Gasteiger charge is -2.49. The number of carbonyl (C=O) groups is 2. The third-order valence-electron chi connectivity index (χ3n) is 4.48. The van der Waals surface area contributed by atoms with Gasteiger partial charge in [-0.3, -0.25) is 9.69 Å². The van der Waals surface area contributed by atoms with Crippen LogP contribution in [0.4, 0.5) is 18.0 Å². The Morgan fingerprint density at radius 1 is 1.23 bits per heavy atom. The fourth-order valence-electron chi connectivity index (χ4n) is 3.12. The van der Waals surface area contributed by atoms with Gasteiger partial charge >= 0.3 is 12.2 Å². The van der Waals surface area contributed by atoms with Crippen molar-refractivity contribution in [1.82, 2.24) is 10.2 Å². The number of nitrogens with zero attached hydrogens (tertiary/aromatic N) is 1. The second-order valence-corrected chi connectivity index (χ2v) is 6.89. The van der Waals surface area contributed by atoms with Crippen molar-refractivity contribution in [3.63, 3.8) is 0 Å². The zero-order chi connectivity index (χ0) is 19.1. The number of halogens is 3. The van der Waals surface area contributed by atoms with Gasteiger partial charge in [-0.15, -0.1) is 11.3 Å². The summed E-state index contributed by atoms with van der Waals surface area (Å²) in [6.45, 7) is 0. The minimum Gasteiger partial charge on any atom is -0.363 e. The second kappa shape index (κ2) is 6.40. The SMILES string of the molecule is CN1C(=O)N[C@H](c2ccccc2)[C@@H](C(=O)c2cccs2)[C@]1(O)C(F)(F)F. The van der Waals surface area contributed by atoms with Crippen LogP contribution in [0.5, 0.6) is 0 Å². The van der Waals surface area contributed by atoms with Gasteiger partial charge in [0.15, 0.2) is 5.78 Å². The molecular formula is C17H15F3N2O3S. The third-order valence-corrected chi connectivity index (χ3v) is 5.37. The van der Waals surface area contributed by atoms with E-state index in [1.165, 1.54) is 24.3 Å². The van der Waals surface area contributed by atoms with Crippen LogP contribution >= 0.6 is 11.3 Å². The molecule has 138 valence electrons. The molecule has 1 aromatic carbocycles. The van der Waals surface area contributed by atoms with E-state index in [9.17, 15) is 27.9 Å². The summed E-state index contributed by atoms with van der Waals surface area (Å²) in [5.41, 5.74) is -3.34. The van der Waals surface area contributed by atoms with E-state index >= 15 is 0 Å². The summed E-state index contributed by atoms with van der Waals surface area (Å²) >= 11 is 0.976. The largest absolute Gasteiger partial charge is 0.437 e. The fourth-order valence-corrected chi connectivity index (χ4v) is 3.82. The van der Waals surface area contributed by atoms with Crippen LogP contribution in [0, 0.1) is 5.92 Å². The number of ketones is 1. The molecule has 3 rings (SSSR count). The van der Waals surface area contributed by atoms with Gasteiger partial charge in [-0.1, -0.05) is 36.4 Å². The normalized spacial score (nSPS) is 26.5. The van der Waals surface area contributed by atoms with E-state index in [2.05, 4.69) is 5.32 Å². The van der Waals surface area contributed by atoms with Crippen molar-refractivity contribution in [1.29, 1.82) is 0 Å². The lowest BCUT2D eigenvalue weighted by Crippen LogP contribution is -2.72. The van der Waals surface area contributed by atoms with Crippen molar-refractivity contribution in [2.45, 2.75) is 17.9 Å². The molecule has 0 spiro atoms. The topological polar surface area (TPSA) is 69.6 Å². The predicted molar refractivity (Wildman–Crippen MR) is 88.6 cm³/mol. The first-order chi connectivity index (χ1) is 12.2. The Bertz CT molecular complexity index is 810. The van der Waals surface area contributed by atoms with Crippen molar-refractivity contribution >= 4 is 23.2 Å². The van der Waals surface area contributed by atoms with Gasteiger partial charge in [0.1, 0.15) is 5.92 Å². The molecule has 2 N–H and O–H groups in total. The van der Waals surface area contributed by atoms with Crippen LogP contribution in [0.1, 0.15) is 21.3 Å². The number of aliphatic hydroxyl groups is 1. The van der Waals surface area contributed by atoms with E-state index in [1.807, 2.05) is 0 Å². The molecule has 26 heavy (non-hydrogen) atoms. The summed E-state index contributed by atoms with van der Waals surface area (Å²) in [4.78, 5) is 25.3. The molecule has 0 unspecified atom stereocenters. The highest BCUT2D eigenvalue weighted by molar-refractivity contribution is 7.12. The summed E-state index contributed by atoms with van der Waals surface area (Å²) in [6.07, 6.45) is -5.23. The average molecular weight is 384 g/mol. The Morgan fingerprint density at radius 2 is 1.88 bits per heavy atom. The molecule has 1 aromatic heterocycles. The number of hydrogen-bond donors (Lipinski definition) is 2. The van der Waals surface area contributed by atoms with Crippen molar-refractivity contribution in [2.24, 2.45) is 5.92 Å². The predicted octanol–water partition coefficient (Wildman–Crippen LogP) is 3.19. The summed E-state index contributed by atoms with van der Waals surface area (Å²) < 4.78 is 41.6. The maximum absolute atomic E-state index is 13.9. The maximum Gasteiger partial charge on any atom is 0.437 e. The Labute approximate surface area is 151 Å². The highest BCUT2D eigenvalue weighted by Crippen LogP contribution is 2.47. The Balaban J connectivity index is 2.20. The minimum atomic E-state index is -5.23.